The lowest BCUT2D eigenvalue weighted by molar-refractivity contribution is -0.137. The Hall–Kier alpha value is -2.51. The zero-order valence-corrected chi connectivity index (χ0v) is 16.7. The van der Waals surface area contributed by atoms with Gasteiger partial charge >= 0.3 is 0 Å². The van der Waals surface area contributed by atoms with Crippen LogP contribution in [0, 0.1) is 5.82 Å². The zero-order chi connectivity index (χ0) is 19.9. The quantitative estimate of drug-likeness (QED) is 0.500. The molecule has 1 heterocycles. The molecule has 2 aromatic rings. The summed E-state index contributed by atoms with van der Waals surface area (Å²) in [6.07, 6.45) is 2.76. The second-order valence-electron chi connectivity index (χ2n) is 6.17. The Balaban J connectivity index is 1.56. The van der Waals surface area contributed by atoms with E-state index in [9.17, 15) is 14.0 Å². The Morgan fingerprint density at radius 3 is 2.57 bits per heavy atom. The van der Waals surface area contributed by atoms with Crippen molar-refractivity contribution in [1.29, 1.82) is 0 Å². The Kier molecular flexibility index (Phi) is 6.95. The van der Waals surface area contributed by atoms with Gasteiger partial charge in [0.25, 0.3) is 5.91 Å². The number of amides is 1. The van der Waals surface area contributed by atoms with E-state index in [1.165, 1.54) is 18.2 Å². The fourth-order valence-electron chi connectivity index (χ4n) is 2.67. The monoisotopic (exact) mass is 447 g/mol. The number of nitrogens with zero attached hydrogens (tertiary/aromatic N) is 1. The predicted molar refractivity (Wildman–Crippen MR) is 107 cm³/mol. The number of carbonyl (C=O) groups is 2. The van der Waals surface area contributed by atoms with Gasteiger partial charge in [0.05, 0.1) is 13.2 Å². The van der Waals surface area contributed by atoms with E-state index in [1.807, 2.05) is 0 Å². The van der Waals surface area contributed by atoms with Gasteiger partial charge in [-0.05, 0) is 54.6 Å². The van der Waals surface area contributed by atoms with Gasteiger partial charge in [-0.2, -0.15) is 0 Å². The Bertz CT molecular complexity index is 876. The first kappa shape index (κ1) is 20.2. The maximum atomic E-state index is 13.7. The van der Waals surface area contributed by atoms with E-state index in [1.54, 1.807) is 41.3 Å². The van der Waals surface area contributed by atoms with Crippen molar-refractivity contribution in [1.82, 2.24) is 4.90 Å². The highest BCUT2D eigenvalue weighted by Gasteiger charge is 2.17. The van der Waals surface area contributed by atoms with E-state index in [0.717, 1.165) is 4.47 Å². The highest BCUT2D eigenvalue weighted by molar-refractivity contribution is 9.10. The van der Waals surface area contributed by atoms with E-state index in [4.69, 9.17) is 9.47 Å². The molecule has 2 aromatic carbocycles. The molecule has 1 aliphatic rings. The van der Waals surface area contributed by atoms with Gasteiger partial charge in [0.1, 0.15) is 11.6 Å². The topological polar surface area (TPSA) is 55.8 Å². The van der Waals surface area contributed by atoms with Gasteiger partial charge in [-0.3, -0.25) is 9.59 Å². The van der Waals surface area contributed by atoms with Gasteiger partial charge in [-0.15, -0.1) is 0 Å². The van der Waals surface area contributed by atoms with Crippen molar-refractivity contribution in [3.8, 4) is 5.75 Å². The second-order valence-corrected chi connectivity index (χ2v) is 7.09. The maximum absolute atomic E-state index is 13.7. The molecule has 28 heavy (non-hydrogen) atoms. The number of hydrogen-bond acceptors (Lipinski definition) is 4. The van der Waals surface area contributed by atoms with Crippen LogP contribution in [0.2, 0.25) is 0 Å². The predicted octanol–water partition coefficient (Wildman–Crippen LogP) is 3.72. The standard InChI is InChI=1S/C21H19BrFNO4/c22-17-4-7-19(23)16(13-17)3-8-20(25)15-1-5-18(6-2-15)28-14-21(26)24-9-11-27-12-10-24/h1-8,13H,9-12,14H2/b8-3+. The molecule has 5 nitrogen and oxygen atoms in total. The second kappa shape index (κ2) is 9.61. The third kappa shape index (κ3) is 5.50. The van der Waals surface area contributed by atoms with Gasteiger partial charge in [-0.25, -0.2) is 4.39 Å². The number of hydrogen-bond donors (Lipinski definition) is 0. The number of halogens is 2. The molecule has 3 rings (SSSR count). The fraction of sp³-hybridized carbons (Fsp3) is 0.238. The van der Waals surface area contributed by atoms with E-state index in [2.05, 4.69) is 15.9 Å². The van der Waals surface area contributed by atoms with Crippen molar-refractivity contribution >= 4 is 33.7 Å². The van der Waals surface area contributed by atoms with E-state index < -0.39 is 5.82 Å². The average Bonchev–Trinajstić information content (AvgIpc) is 2.73. The van der Waals surface area contributed by atoms with Crippen LogP contribution in [0.25, 0.3) is 6.08 Å². The molecule has 0 atom stereocenters. The fourth-order valence-corrected chi connectivity index (χ4v) is 3.05. The first-order valence-corrected chi connectivity index (χ1v) is 9.58. The molecule has 0 N–H and O–H groups in total. The summed E-state index contributed by atoms with van der Waals surface area (Å²) in [5.74, 6) is -0.251. The first-order chi connectivity index (χ1) is 13.5. The van der Waals surface area contributed by atoms with Gasteiger partial charge in [0.2, 0.25) is 0 Å². The minimum Gasteiger partial charge on any atom is -0.484 e. The van der Waals surface area contributed by atoms with Crippen molar-refractivity contribution in [3.63, 3.8) is 0 Å². The molecule has 0 bridgehead atoms. The largest absolute Gasteiger partial charge is 0.484 e. The summed E-state index contributed by atoms with van der Waals surface area (Å²) < 4.78 is 25.2. The highest BCUT2D eigenvalue weighted by atomic mass is 79.9. The molecule has 0 radical (unpaired) electrons. The average molecular weight is 448 g/mol. The third-order valence-corrected chi connectivity index (χ3v) is 4.73. The van der Waals surface area contributed by atoms with E-state index in [-0.39, 0.29) is 18.3 Å². The number of ether oxygens (including phenoxy) is 2. The summed E-state index contributed by atoms with van der Waals surface area (Å²) in [4.78, 5) is 26.0. The van der Waals surface area contributed by atoms with Crippen LogP contribution in [-0.2, 0) is 9.53 Å². The minimum absolute atomic E-state index is 0.0602. The van der Waals surface area contributed by atoms with Crippen molar-refractivity contribution in [2.24, 2.45) is 0 Å². The highest BCUT2D eigenvalue weighted by Crippen LogP contribution is 2.18. The van der Waals surface area contributed by atoms with Crippen LogP contribution in [-0.4, -0.2) is 49.5 Å². The van der Waals surface area contributed by atoms with E-state index in [0.29, 0.717) is 43.2 Å². The number of allylic oxidation sites excluding steroid dienone is 1. The van der Waals surface area contributed by atoms with Crippen LogP contribution in [0.15, 0.2) is 53.0 Å². The molecule has 0 spiro atoms. The minimum atomic E-state index is -0.402. The molecule has 0 saturated carbocycles. The summed E-state index contributed by atoms with van der Waals surface area (Å²) in [5, 5.41) is 0. The SMILES string of the molecule is O=C(/C=C/c1cc(Br)ccc1F)c1ccc(OCC(=O)N2CCOCC2)cc1. The van der Waals surface area contributed by atoms with Gasteiger partial charge < -0.3 is 14.4 Å². The molecule has 7 heteroatoms. The smallest absolute Gasteiger partial charge is 0.260 e. The number of morpholine rings is 1. The molecule has 0 aliphatic carbocycles. The summed E-state index contributed by atoms with van der Waals surface area (Å²) in [6, 6.07) is 11.0. The third-order valence-electron chi connectivity index (χ3n) is 4.24. The molecule has 1 saturated heterocycles. The lowest BCUT2D eigenvalue weighted by Gasteiger charge is -2.26. The van der Waals surface area contributed by atoms with Crippen LogP contribution in [0.4, 0.5) is 4.39 Å². The van der Waals surface area contributed by atoms with Crippen molar-refractivity contribution in [2.45, 2.75) is 0 Å². The van der Waals surface area contributed by atoms with Crippen LogP contribution in [0.1, 0.15) is 15.9 Å². The molecule has 0 unspecified atom stereocenters. The molecule has 1 fully saturated rings. The zero-order valence-electron chi connectivity index (χ0n) is 15.1. The molecule has 146 valence electrons. The lowest BCUT2D eigenvalue weighted by atomic mass is 10.1. The summed E-state index contributed by atoms with van der Waals surface area (Å²) in [6.45, 7) is 2.16. The molecular weight excluding hydrogens is 429 g/mol. The van der Waals surface area contributed by atoms with Crippen LogP contribution < -0.4 is 4.74 Å². The van der Waals surface area contributed by atoms with Crippen molar-refractivity contribution in [3.05, 3.63) is 70.0 Å². The Labute approximate surface area is 170 Å². The van der Waals surface area contributed by atoms with Gasteiger partial charge in [-0.1, -0.05) is 15.9 Å². The number of carbonyl (C=O) groups excluding carboxylic acids is 2. The molecule has 1 amide bonds. The summed E-state index contributed by atoms with van der Waals surface area (Å²) in [5.41, 5.74) is 0.766. The maximum Gasteiger partial charge on any atom is 0.260 e. The van der Waals surface area contributed by atoms with Crippen LogP contribution in [0.3, 0.4) is 0 Å². The van der Waals surface area contributed by atoms with Crippen molar-refractivity contribution < 1.29 is 23.5 Å². The van der Waals surface area contributed by atoms with Gasteiger partial charge in [0.15, 0.2) is 12.4 Å². The van der Waals surface area contributed by atoms with Crippen LogP contribution >= 0.6 is 15.9 Å². The summed E-state index contributed by atoms with van der Waals surface area (Å²) >= 11 is 3.27. The van der Waals surface area contributed by atoms with Crippen LogP contribution in [0.5, 0.6) is 5.75 Å². The molecular formula is C21H19BrFNO4. The molecule has 1 aliphatic heterocycles. The Morgan fingerprint density at radius 2 is 1.86 bits per heavy atom. The lowest BCUT2D eigenvalue weighted by Crippen LogP contribution is -2.42. The van der Waals surface area contributed by atoms with Crippen molar-refractivity contribution in [2.75, 3.05) is 32.9 Å². The van der Waals surface area contributed by atoms with E-state index >= 15 is 0 Å². The molecule has 0 aromatic heterocycles. The number of benzene rings is 2. The number of ketones is 1. The number of rotatable bonds is 6. The van der Waals surface area contributed by atoms with Gasteiger partial charge in [0, 0.05) is 28.7 Å². The first-order valence-electron chi connectivity index (χ1n) is 8.79. The summed E-state index contributed by atoms with van der Waals surface area (Å²) in [7, 11) is 0. The Morgan fingerprint density at radius 1 is 1.14 bits per heavy atom. The normalized spacial score (nSPS) is 14.3.